The number of ether oxygens (including phenoxy) is 1. The Hall–Kier alpha value is -3.19. The molecule has 1 aliphatic heterocycles. The number of carbonyl (C=O) groups is 3. The van der Waals surface area contributed by atoms with Crippen molar-refractivity contribution in [3.8, 4) is 0 Å². The normalized spacial score (nSPS) is 13.0. The summed E-state index contributed by atoms with van der Waals surface area (Å²) in [5, 5.41) is 17.9. The maximum absolute atomic E-state index is 12.0. The van der Waals surface area contributed by atoms with Gasteiger partial charge >= 0.3 is 18.1 Å². The number of carboxylic acid groups (broad SMARTS) is 1. The molecular formula is C20H20ClF3N4O5S. The number of likely N-dealkylation sites (tertiary alicyclic amines) is 1. The Morgan fingerprint density at radius 1 is 1.21 bits per heavy atom. The molecule has 0 atom stereocenters. The van der Waals surface area contributed by atoms with E-state index in [1.807, 2.05) is 4.90 Å². The van der Waals surface area contributed by atoms with E-state index in [9.17, 15) is 22.8 Å². The van der Waals surface area contributed by atoms with E-state index in [-0.39, 0.29) is 19.1 Å². The lowest BCUT2D eigenvalue weighted by Crippen LogP contribution is -2.28. The molecule has 1 fully saturated rings. The van der Waals surface area contributed by atoms with Gasteiger partial charge in [-0.3, -0.25) is 15.2 Å². The number of alkyl halides is 3. The fourth-order valence-electron chi connectivity index (χ4n) is 2.67. The van der Waals surface area contributed by atoms with Crippen LogP contribution in [0.15, 0.2) is 30.5 Å². The van der Waals surface area contributed by atoms with Gasteiger partial charge in [0, 0.05) is 19.3 Å². The Morgan fingerprint density at radius 3 is 2.35 bits per heavy atom. The van der Waals surface area contributed by atoms with Crippen LogP contribution in [0.5, 0.6) is 0 Å². The van der Waals surface area contributed by atoms with Gasteiger partial charge in [0.2, 0.25) is 0 Å². The summed E-state index contributed by atoms with van der Waals surface area (Å²) >= 11 is 6.98. The maximum atomic E-state index is 12.0. The molecule has 1 aliphatic rings. The fourth-order valence-corrected chi connectivity index (χ4v) is 3.63. The monoisotopic (exact) mass is 520 g/mol. The molecule has 3 rings (SSSR count). The third kappa shape index (κ3) is 8.30. The molecule has 2 aromatic heterocycles. The zero-order chi connectivity index (χ0) is 25.3. The molecule has 2 aromatic rings. The molecular weight excluding hydrogens is 501 g/mol. The molecule has 0 radical (unpaired) electrons. The van der Waals surface area contributed by atoms with E-state index < -0.39 is 18.1 Å². The van der Waals surface area contributed by atoms with Gasteiger partial charge in [-0.25, -0.2) is 9.59 Å². The maximum Gasteiger partial charge on any atom is 0.490 e. The van der Waals surface area contributed by atoms with Gasteiger partial charge in [0.15, 0.2) is 0 Å². The molecule has 0 saturated carbocycles. The van der Waals surface area contributed by atoms with E-state index >= 15 is 0 Å². The fraction of sp³-hybridized carbons (Fsp3) is 0.350. The van der Waals surface area contributed by atoms with Crippen molar-refractivity contribution in [2.45, 2.75) is 19.0 Å². The van der Waals surface area contributed by atoms with Crippen molar-refractivity contribution in [3.63, 3.8) is 0 Å². The van der Waals surface area contributed by atoms with Gasteiger partial charge in [-0.15, -0.1) is 11.3 Å². The number of thiophene rings is 1. The predicted octanol–water partition coefficient (Wildman–Crippen LogP) is 3.44. The highest BCUT2D eigenvalue weighted by Gasteiger charge is 2.38. The highest BCUT2D eigenvalue weighted by atomic mass is 35.5. The quantitative estimate of drug-likeness (QED) is 0.230. The van der Waals surface area contributed by atoms with Crippen LogP contribution in [0.3, 0.4) is 0 Å². The van der Waals surface area contributed by atoms with Crippen LogP contribution in [0.2, 0.25) is 4.34 Å². The summed E-state index contributed by atoms with van der Waals surface area (Å²) in [6.07, 6.45) is -1.50. The Balaban J connectivity index is 0.000000509. The summed E-state index contributed by atoms with van der Waals surface area (Å²) in [6, 6.07) is 6.55. The number of hydrogen-bond donors (Lipinski definition) is 3. The predicted molar refractivity (Wildman–Crippen MR) is 118 cm³/mol. The highest BCUT2D eigenvalue weighted by molar-refractivity contribution is 7.18. The first-order valence-electron chi connectivity index (χ1n) is 9.79. The van der Waals surface area contributed by atoms with E-state index in [2.05, 4.69) is 10.3 Å². The van der Waals surface area contributed by atoms with E-state index in [1.54, 1.807) is 24.3 Å². The number of aliphatic carboxylic acids is 1. The van der Waals surface area contributed by atoms with Gasteiger partial charge in [-0.2, -0.15) is 13.2 Å². The number of carbonyl (C=O) groups excluding carboxylic acids is 2. The highest BCUT2D eigenvalue weighted by Crippen LogP contribution is 2.21. The number of halogens is 4. The summed E-state index contributed by atoms with van der Waals surface area (Å²) in [4.78, 5) is 39.5. The molecule has 1 amide bonds. The molecule has 3 N–H and O–H groups in total. The Labute approximate surface area is 201 Å². The minimum Gasteiger partial charge on any atom is -0.475 e. The first kappa shape index (κ1) is 27.1. The van der Waals surface area contributed by atoms with Crippen molar-refractivity contribution >= 4 is 46.6 Å². The van der Waals surface area contributed by atoms with Gasteiger partial charge < -0.3 is 20.1 Å². The summed E-state index contributed by atoms with van der Waals surface area (Å²) in [5.41, 5.74) is 0.847. The second-order valence-electron chi connectivity index (χ2n) is 6.77. The van der Waals surface area contributed by atoms with Crippen LogP contribution >= 0.6 is 22.9 Å². The number of pyridine rings is 1. The largest absolute Gasteiger partial charge is 0.490 e. The van der Waals surface area contributed by atoms with Crippen LogP contribution in [0.1, 0.15) is 38.6 Å². The third-order valence-corrected chi connectivity index (χ3v) is 5.55. The Bertz CT molecular complexity index is 1020. The molecule has 0 aromatic carbocycles. The second kappa shape index (κ2) is 12.3. The average molecular weight is 521 g/mol. The van der Waals surface area contributed by atoms with E-state index in [0.29, 0.717) is 26.3 Å². The van der Waals surface area contributed by atoms with E-state index in [1.165, 1.54) is 17.5 Å². The van der Waals surface area contributed by atoms with Crippen molar-refractivity contribution in [2.75, 3.05) is 26.2 Å². The van der Waals surface area contributed by atoms with Gasteiger partial charge in [0.1, 0.15) is 18.1 Å². The molecule has 0 spiro atoms. The third-order valence-electron chi connectivity index (χ3n) is 4.32. The van der Waals surface area contributed by atoms with Crippen LogP contribution in [0, 0.1) is 5.41 Å². The van der Waals surface area contributed by atoms with Gasteiger partial charge in [0.25, 0.3) is 5.91 Å². The van der Waals surface area contributed by atoms with Crippen molar-refractivity contribution in [2.24, 2.45) is 0 Å². The van der Waals surface area contributed by atoms with Crippen molar-refractivity contribution < 1.29 is 37.4 Å². The van der Waals surface area contributed by atoms with Crippen LogP contribution in [-0.4, -0.2) is 71.1 Å². The Kier molecular flexibility index (Phi) is 9.81. The number of amidine groups is 1. The van der Waals surface area contributed by atoms with Crippen molar-refractivity contribution in [1.29, 1.82) is 5.41 Å². The number of nitrogens with one attached hydrogen (secondary N) is 2. The summed E-state index contributed by atoms with van der Waals surface area (Å²) in [7, 11) is 0. The standard InChI is InChI=1S/C18H19ClN4O3S.C2HF3O2/c19-15-6-5-14(27-15)17(24)21-7-10-26-18(25)12-3-4-13(22-11-12)16(20)23-8-1-2-9-23;3-2(4,5)1(6)7/h3-6,11,20H,1-2,7-10H2,(H,21,24);(H,6,7). The van der Waals surface area contributed by atoms with E-state index in [4.69, 9.17) is 31.6 Å². The summed E-state index contributed by atoms with van der Waals surface area (Å²) in [5.74, 6) is -3.15. The van der Waals surface area contributed by atoms with Gasteiger partial charge in [-0.05, 0) is 37.1 Å². The molecule has 14 heteroatoms. The summed E-state index contributed by atoms with van der Waals surface area (Å²) < 4.78 is 37.4. The second-order valence-corrected chi connectivity index (χ2v) is 8.49. The van der Waals surface area contributed by atoms with Crippen LogP contribution in [-0.2, 0) is 9.53 Å². The van der Waals surface area contributed by atoms with Crippen LogP contribution in [0.25, 0.3) is 0 Å². The van der Waals surface area contributed by atoms with Gasteiger partial charge in [0.05, 0.1) is 21.3 Å². The number of rotatable bonds is 6. The SMILES string of the molecule is N=C(c1ccc(C(=O)OCCNC(=O)c2ccc(Cl)s2)cn1)N1CCCC1.O=C(O)C(F)(F)F. The zero-order valence-corrected chi connectivity index (χ0v) is 19.1. The average Bonchev–Trinajstić information content (AvgIpc) is 3.48. The first-order valence-corrected chi connectivity index (χ1v) is 11.0. The lowest BCUT2D eigenvalue weighted by atomic mass is 10.2. The van der Waals surface area contributed by atoms with E-state index in [0.717, 1.165) is 25.9 Å². The van der Waals surface area contributed by atoms with Crippen LogP contribution < -0.4 is 5.32 Å². The molecule has 3 heterocycles. The number of hydrogen-bond acceptors (Lipinski definition) is 7. The Morgan fingerprint density at radius 2 is 1.85 bits per heavy atom. The number of esters is 1. The molecule has 0 aliphatic carbocycles. The minimum absolute atomic E-state index is 0.0506. The first-order chi connectivity index (χ1) is 16.0. The number of amides is 1. The molecule has 34 heavy (non-hydrogen) atoms. The molecule has 9 nitrogen and oxygen atoms in total. The minimum atomic E-state index is -5.08. The molecule has 184 valence electrons. The number of aromatic nitrogens is 1. The molecule has 1 saturated heterocycles. The lowest BCUT2D eigenvalue weighted by Gasteiger charge is -2.17. The lowest BCUT2D eigenvalue weighted by molar-refractivity contribution is -0.192. The van der Waals surface area contributed by atoms with Crippen molar-refractivity contribution in [3.05, 3.63) is 50.9 Å². The smallest absolute Gasteiger partial charge is 0.475 e. The van der Waals surface area contributed by atoms with Crippen LogP contribution in [0.4, 0.5) is 13.2 Å². The van der Waals surface area contributed by atoms with Crippen molar-refractivity contribution in [1.82, 2.24) is 15.2 Å². The molecule has 0 unspecified atom stereocenters. The topological polar surface area (TPSA) is 133 Å². The van der Waals surface area contributed by atoms with Gasteiger partial charge in [-0.1, -0.05) is 11.6 Å². The number of nitrogens with zero attached hydrogens (tertiary/aromatic N) is 2. The zero-order valence-electron chi connectivity index (χ0n) is 17.5. The molecule has 0 bridgehead atoms. The number of carboxylic acids is 1. The summed E-state index contributed by atoms with van der Waals surface area (Å²) in [6.45, 7) is 1.99.